The molecule has 2 nitrogen and oxygen atoms in total. The second-order valence-corrected chi connectivity index (χ2v) is 2.62. The van der Waals surface area contributed by atoms with Crippen molar-refractivity contribution in [2.45, 2.75) is 6.92 Å². The summed E-state index contributed by atoms with van der Waals surface area (Å²) >= 11 is 0. The summed E-state index contributed by atoms with van der Waals surface area (Å²) in [7, 11) is 0. The van der Waals surface area contributed by atoms with Crippen LogP contribution < -0.4 is 4.90 Å². The number of hydrogen-bond acceptors (Lipinski definition) is 1. The van der Waals surface area contributed by atoms with Crippen LogP contribution in [0.2, 0.25) is 0 Å². The fraction of sp³-hybridized carbons (Fsp3) is 0.182. The number of benzene rings is 1. The van der Waals surface area contributed by atoms with Gasteiger partial charge in [-0.1, -0.05) is 24.8 Å². The number of hydrogen-bond donors (Lipinski definition) is 0. The highest BCUT2D eigenvalue weighted by molar-refractivity contribution is 6.00. The average molecular weight is 175 g/mol. The lowest BCUT2D eigenvalue weighted by molar-refractivity contribution is -0.114. The SMILES string of the molecule is C=CC(=O)N(CC)c1ccccc1. The number of amides is 1. The van der Waals surface area contributed by atoms with Gasteiger partial charge >= 0.3 is 0 Å². The van der Waals surface area contributed by atoms with E-state index in [0.29, 0.717) is 6.54 Å². The third kappa shape index (κ3) is 2.18. The number of para-hydroxylation sites is 1. The zero-order chi connectivity index (χ0) is 9.68. The summed E-state index contributed by atoms with van der Waals surface area (Å²) in [6.45, 7) is 6.06. The molecule has 0 aliphatic heterocycles. The first-order valence-corrected chi connectivity index (χ1v) is 4.28. The second-order valence-electron chi connectivity index (χ2n) is 2.62. The minimum absolute atomic E-state index is 0.0614. The van der Waals surface area contributed by atoms with Gasteiger partial charge in [-0.05, 0) is 25.1 Å². The van der Waals surface area contributed by atoms with Crippen LogP contribution in [0, 0.1) is 0 Å². The molecule has 0 aliphatic rings. The van der Waals surface area contributed by atoms with Gasteiger partial charge in [0.25, 0.3) is 0 Å². The van der Waals surface area contributed by atoms with E-state index in [1.807, 2.05) is 37.3 Å². The summed E-state index contributed by atoms with van der Waals surface area (Å²) in [5, 5.41) is 0. The molecule has 0 fully saturated rings. The van der Waals surface area contributed by atoms with Crippen molar-refractivity contribution < 1.29 is 4.79 Å². The number of nitrogens with zero attached hydrogens (tertiary/aromatic N) is 1. The molecule has 0 heterocycles. The van der Waals surface area contributed by atoms with Crippen LogP contribution >= 0.6 is 0 Å². The van der Waals surface area contributed by atoms with Crippen molar-refractivity contribution >= 4 is 11.6 Å². The van der Waals surface area contributed by atoms with Gasteiger partial charge in [0.05, 0.1) is 0 Å². The van der Waals surface area contributed by atoms with Crippen LogP contribution in [0.5, 0.6) is 0 Å². The molecule has 0 saturated carbocycles. The van der Waals surface area contributed by atoms with Crippen molar-refractivity contribution in [1.29, 1.82) is 0 Å². The molecule has 0 aromatic heterocycles. The molecule has 1 amide bonds. The van der Waals surface area contributed by atoms with Crippen molar-refractivity contribution in [1.82, 2.24) is 0 Å². The van der Waals surface area contributed by atoms with Crippen molar-refractivity contribution in [3.63, 3.8) is 0 Å². The molecule has 0 radical (unpaired) electrons. The Balaban J connectivity index is 2.91. The molecule has 2 heteroatoms. The summed E-state index contributed by atoms with van der Waals surface area (Å²) in [4.78, 5) is 13.0. The molecule has 1 aromatic carbocycles. The summed E-state index contributed by atoms with van der Waals surface area (Å²) in [6.07, 6.45) is 1.33. The molecule has 0 unspecified atom stereocenters. The molecule has 1 aromatic rings. The zero-order valence-corrected chi connectivity index (χ0v) is 7.73. The Kier molecular flexibility index (Phi) is 3.26. The molecule has 0 N–H and O–H groups in total. The molecule has 0 bridgehead atoms. The zero-order valence-electron chi connectivity index (χ0n) is 7.73. The fourth-order valence-electron chi connectivity index (χ4n) is 1.18. The standard InChI is InChI=1S/C11H13NO/c1-3-11(13)12(4-2)10-8-6-5-7-9-10/h3,5-9H,1,4H2,2H3. The van der Waals surface area contributed by atoms with Gasteiger partial charge in [0, 0.05) is 12.2 Å². The molecule has 68 valence electrons. The van der Waals surface area contributed by atoms with Gasteiger partial charge < -0.3 is 4.90 Å². The lowest BCUT2D eigenvalue weighted by Gasteiger charge is -2.18. The summed E-state index contributed by atoms with van der Waals surface area (Å²) < 4.78 is 0. The molecular weight excluding hydrogens is 162 g/mol. The highest BCUT2D eigenvalue weighted by Gasteiger charge is 2.08. The van der Waals surface area contributed by atoms with E-state index >= 15 is 0 Å². The lowest BCUT2D eigenvalue weighted by Crippen LogP contribution is -2.28. The van der Waals surface area contributed by atoms with Gasteiger partial charge in [0.1, 0.15) is 0 Å². The molecule has 0 saturated heterocycles. The van der Waals surface area contributed by atoms with Crippen LogP contribution in [0.25, 0.3) is 0 Å². The third-order valence-corrected chi connectivity index (χ3v) is 1.82. The van der Waals surface area contributed by atoms with E-state index in [1.54, 1.807) is 4.90 Å². The third-order valence-electron chi connectivity index (χ3n) is 1.82. The Labute approximate surface area is 78.5 Å². The molecule has 13 heavy (non-hydrogen) atoms. The summed E-state index contributed by atoms with van der Waals surface area (Å²) in [6, 6.07) is 9.56. The first-order valence-electron chi connectivity index (χ1n) is 4.28. The lowest BCUT2D eigenvalue weighted by atomic mass is 10.3. The van der Waals surface area contributed by atoms with Crippen molar-refractivity contribution in [3.8, 4) is 0 Å². The van der Waals surface area contributed by atoms with Gasteiger partial charge in [-0.15, -0.1) is 0 Å². The number of carbonyl (C=O) groups is 1. The quantitative estimate of drug-likeness (QED) is 0.645. The highest BCUT2D eigenvalue weighted by Crippen LogP contribution is 2.12. The summed E-state index contributed by atoms with van der Waals surface area (Å²) in [5.41, 5.74) is 0.912. The van der Waals surface area contributed by atoms with Crippen LogP contribution in [0.15, 0.2) is 43.0 Å². The predicted octanol–water partition coefficient (Wildman–Crippen LogP) is 2.23. The van der Waals surface area contributed by atoms with E-state index in [0.717, 1.165) is 5.69 Å². The topological polar surface area (TPSA) is 20.3 Å². The van der Waals surface area contributed by atoms with Crippen molar-refractivity contribution in [2.75, 3.05) is 11.4 Å². The van der Waals surface area contributed by atoms with E-state index in [2.05, 4.69) is 6.58 Å². The second kappa shape index (κ2) is 4.45. The van der Waals surface area contributed by atoms with Crippen molar-refractivity contribution in [2.24, 2.45) is 0 Å². The van der Waals surface area contributed by atoms with E-state index in [9.17, 15) is 4.79 Å². The van der Waals surface area contributed by atoms with E-state index in [-0.39, 0.29) is 5.91 Å². The number of likely N-dealkylation sites (N-methyl/N-ethyl adjacent to an activating group) is 1. The van der Waals surface area contributed by atoms with Gasteiger partial charge in [0.15, 0.2) is 0 Å². The monoisotopic (exact) mass is 175 g/mol. The Morgan fingerprint density at radius 3 is 2.54 bits per heavy atom. The van der Waals surface area contributed by atoms with Crippen LogP contribution in [0.1, 0.15) is 6.92 Å². The Hall–Kier alpha value is -1.57. The number of rotatable bonds is 3. The van der Waals surface area contributed by atoms with Crippen molar-refractivity contribution in [3.05, 3.63) is 43.0 Å². The minimum Gasteiger partial charge on any atom is -0.309 e. The number of anilines is 1. The Bertz CT molecular complexity index is 292. The van der Waals surface area contributed by atoms with E-state index < -0.39 is 0 Å². The van der Waals surface area contributed by atoms with Crippen LogP contribution in [0.3, 0.4) is 0 Å². The van der Waals surface area contributed by atoms with Gasteiger partial charge in [-0.25, -0.2) is 0 Å². The molecule has 0 spiro atoms. The maximum Gasteiger partial charge on any atom is 0.250 e. The van der Waals surface area contributed by atoms with Gasteiger partial charge in [-0.3, -0.25) is 4.79 Å². The van der Waals surface area contributed by atoms with Crippen LogP contribution in [-0.2, 0) is 4.79 Å². The smallest absolute Gasteiger partial charge is 0.250 e. The summed E-state index contributed by atoms with van der Waals surface area (Å²) in [5.74, 6) is -0.0614. The van der Waals surface area contributed by atoms with Gasteiger partial charge in [0.2, 0.25) is 5.91 Å². The first kappa shape index (κ1) is 9.52. The van der Waals surface area contributed by atoms with Crippen LogP contribution in [-0.4, -0.2) is 12.5 Å². The molecule has 0 aliphatic carbocycles. The van der Waals surface area contributed by atoms with Gasteiger partial charge in [-0.2, -0.15) is 0 Å². The van der Waals surface area contributed by atoms with E-state index in [4.69, 9.17) is 0 Å². The fourth-order valence-corrected chi connectivity index (χ4v) is 1.18. The highest BCUT2D eigenvalue weighted by atomic mass is 16.2. The number of carbonyl (C=O) groups excluding carboxylic acids is 1. The Morgan fingerprint density at radius 1 is 1.46 bits per heavy atom. The predicted molar refractivity (Wildman–Crippen MR) is 54.7 cm³/mol. The normalized spacial score (nSPS) is 9.31. The van der Waals surface area contributed by atoms with Crippen LogP contribution in [0.4, 0.5) is 5.69 Å². The van der Waals surface area contributed by atoms with E-state index in [1.165, 1.54) is 6.08 Å². The molecule has 0 atom stereocenters. The average Bonchev–Trinajstić information content (AvgIpc) is 2.20. The molecular formula is C11H13NO. The molecule has 1 rings (SSSR count). The minimum atomic E-state index is -0.0614. The maximum atomic E-state index is 11.4. The maximum absolute atomic E-state index is 11.4. The first-order chi connectivity index (χ1) is 6.29. The largest absolute Gasteiger partial charge is 0.309 e. The Morgan fingerprint density at radius 2 is 2.08 bits per heavy atom.